The Balaban J connectivity index is 3.02. The topological polar surface area (TPSA) is 87.7 Å². The molecule has 2 amide bonds. The van der Waals surface area contributed by atoms with Crippen LogP contribution in [0.5, 0.6) is 5.75 Å². The zero-order valence-corrected chi connectivity index (χ0v) is 12.5. The molecule has 0 bridgehead atoms. The molecule has 0 heterocycles. The van der Waals surface area contributed by atoms with Crippen molar-refractivity contribution in [2.75, 3.05) is 12.4 Å². The molecule has 6 nitrogen and oxygen atoms in total. The fourth-order valence-electron chi connectivity index (χ4n) is 1.48. The molecule has 110 valence electrons. The monoisotopic (exact) mass is 300 g/mol. The average molecular weight is 301 g/mol. The predicted octanol–water partition coefficient (Wildman–Crippen LogP) is 2.97. The lowest BCUT2D eigenvalue weighted by molar-refractivity contribution is 0.0693. The Kier molecular flexibility index (Phi) is 4.83. The standard InChI is InChI=1S/C13H17ClN2O4/c1-13(2,3)16-12(19)15-9-6-10(20-4)7(11(17)18)5-8(9)14/h5-6H,1-4H3,(H,17,18)(H2,15,16,19). The Morgan fingerprint density at radius 2 is 1.90 bits per heavy atom. The number of benzene rings is 1. The van der Waals surface area contributed by atoms with E-state index in [2.05, 4.69) is 10.6 Å². The van der Waals surface area contributed by atoms with Crippen molar-refractivity contribution in [3.63, 3.8) is 0 Å². The number of hydrogen-bond acceptors (Lipinski definition) is 3. The number of hydrogen-bond donors (Lipinski definition) is 3. The maximum atomic E-state index is 11.8. The smallest absolute Gasteiger partial charge is 0.339 e. The van der Waals surface area contributed by atoms with Crippen LogP contribution in [-0.2, 0) is 0 Å². The molecule has 1 aromatic carbocycles. The molecular weight excluding hydrogens is 284 g/mol. The summed E-state index contributed by atoms with van der Waals surface area (Å²) >= 11 is 5.96. The zero-order chi connectivity index (χ0) is 15.5. The minimum Gasteiger partial charge on any atom is -0.496 e. The van der Waals surface area contributed by atoms with Crippen molar-refractivity contribution < 1.29 is 19.4 Å². The number of ether oxygens (including phenoxy) is 1. The maximum absolute atomic E-state index is 11.8. The highest BCUT2D eigenvalue weighted by molar-refractivity contribution is 6.34. The molecule has 0 saturated heterocycles. The quantitative estimate of drug-likeness (QED) is 0.801. The van der Waals surface area contributed by atoms with Gasteiger partial charge in [-0.15, -0.1) is 0 Å². The number of carboxylic acid groups (broad SMARTS) is 1. The second-order valence-corrected chi connectivity index (χ2v) is 5.57. The fourth-order valence-corrected chi connectivity index (χ4v) is 1.69. The van der Waals surface area contributed by atoms with Gasteiger partial charge in [-0.2, -0.15) is 0 Å². The van der Waals surface area contributed by atoms with Crippen molar-refractivity contribution in [2.45, 2.75) is 26.3 Å². The van der Waals surface area contributed by atoms with Crippen molar-refractivity contribution in [1.82, 2.24) is 5.32 Å². The number of urea groups is 1. The number of amides is 2. The van der Waals surface area contributed by atoms with Gasteiger partial charge in [-0.3, -0.25) is 0 Å². The first kappa shape index (κ1) is 16.1. The maximum Gasteiger partial charge on any atom is 0.339 e. The first-order chi connectivity index (χ1) is 9.14. The number of methoxy groups -OCH3 is 1. The van der Waals surface area contributed by atoms with E-state index in [4.69, 9.17) is 21.4 Å². The molecule has 0 atom stereocenters. The van der Waals surface area contributed by atoms with Gasteiger partial charge in [0.25, 0.3) is 0 Å². The van der Waals surface area contributed by atoms with Gasteiger partial charge in [-0.25, -0.2) is 9.59 Å². The van der Waals surface area contributed by atoms with Crippen LogP contribution in [-0.4, -0.2) is 29.8 Å². The SMILES string of the molecule is COc1cc(NC(=O)NC(C)(C)C)c(Cl)cc1C(=O)O. The Morgan fingerprint density at radius 3 is 2.35 bits per heavy atom. The Morgan fingerprint density at radius 1 is 1.30 bits per heavy atom. The third kappa shape index (κ3) is 4.31. The Bertz CT molecular complexity index is 538. The second-order valence-electron chi connectivity index (χ2n) is 5.17. The van der Waals surface area contributed by atoms with Gasteiger partial charge >= 0.3 is 12.0 Å². The van der Waals surface area contributed by atoms with Gasteiger partial charge in [0.05, 0.1) is 17.8 Å². The van der Waals surface area contributed by atoms with Crippen molar-refractivity contribution in [1.29, 1.82) is 0 Å². The largest absolute Gasteiger partial charge is 0.496 e. The third-order valence-electron chi connectivity index (χ3n) is 2.26. The van der Waals surface area contributed by atoms with Gasteiger partial charge in [0.15, 0.2) is 0 Å². The molecule has 0 fully saturated rings. The van der Waals surface area contributed by atoms with Gasteiger partial charge in [0.1, 0.15) is 11.3 Å². The lowest BCUT2D eigenvalue weighted by Gasteiger charge is -2.21. The fraction of sp³-hybridized carbons (Fsp3) is 0.385. The summed E-state index contributed by atoms with van der Waals surface area (Å²) in [6, 6.07) is 2.16. The van der Waals surface area contributed by atoms with Crippen LogP contribution in [0.25, 0.3) is 0 Å². The summed E-state index contributed by atoms with van der Waals surface area (Å²) in [5.41, 5.74) is -0.198. The first-order valence-corrected chi connectivity index (χ1v) is 6.22. The van der Waals surface area contributed by atoms with E-state index >= 15 is 0 Å². The van der Waals surface area contributed by atoms with Crippen molar-refractivity contribution in [3.8, 4) is 5.75 Å². The zero-order valence-electron chi connectivity index (χ0n) is 11.7. The molecule has 0 saturated carbocycles. The number of anilines is 1. The molecule has 0 radical (unpaired) electrons. The summed E-state index contributed by atoms with van der Waals surface area (Å²) in [5, 5.41) is 14.4. The van der Waals surface area contributed by atoms with E-state index in [0.29, 0.717) is 0 Å². The van der Waals surface area contributed by atoms with Crippen LogP contribution in [0.2, 0.25) is 5.02 Å². The third-order valence-corrected chi connectivity index (χ3v) is 2.57. The van der Waals surface area contributed by atoms with E-state index in [0.717, 1.165) is 0 Å². The van der Waals surface area contributed by atoms with Crippen LogP contribution in [0.1, 0.15) is 31.1 Å². The second kappa shape index (κ2) is 6.00. The minimum absolute atomic E-state index is 0.0701. The number of carbonyl (C=O) groups is 2. The molecule has 0 unspecified atom stereocenters. The lowest BCUT2D eigenvalue weighted by atomic mass is 10.1. The van der Waals surface area contributed by atoms with Crippen LogP contribution >= 0.6 is 11.6 Å². The van der Waals surface area contributed by atoms with Gasteiger partial charge in [0.2, 0.25) is 0 Å². The van der Waals surface area contributed by atoms with E-state index < -0.39 is 17.5 Å². The highest BCUT2D eigenvalue weighted by atomic mass is 35.5. The van der Waals surface area contributed by atoms with Gasteiger partial charge < -0.3 is 20.5 Å². The first-order valence-electron chi connectivity index (χ1n) is 5.84. The summed E-state index contributed by atoms with van der Waals surface area (Å²) in [6.07, 6.45) is 0. The van der Waals surface area contributed by atoms with Gasteiger partial charge in [-0.1, -0.05) is 11.6 Å². The predicted molar refractivity (Wildman–Crippen MR) is 76.9 cm³/mol. The Labute approximate surface area is 122 Å². The molecule has 0 spiro atoms. The molecule has 1 rings (SSSR count). The molecule has 0 aliphatic rings. The van der Waals surface area contributed by atoms with Crippen LogP contribution in [0.15, 0.2) is 12.1 Å². The van der Waals surface area contributed by atoms with Crippen LogP contribution < -0.4 is 15.4 Å². The van der Waals surface area contributed by atoms with Gasteiger partial charge in [-0.05, 0) is 26.8 Å². The number of carboxylic acids is 1. The normalized spacial score (nSPS) is 10.8. The van der Waals surface area contributed by atoms with Crippen LogP contribution in [0, 0.1) is 0 Å². The molecular formula is C13H17ClN2O4. The van der Waals surface area contributed by atoms with E-state index in [1.165, 1.54) is 19.2 Å². The summed E-state index contributed by atoms with van der Waals surface area (Å²) in [5.74, 6) is -1.04. The highest BCUT2D eigenvalue weighted by Crippen LogP contribution is 2.31. The van der Waals surface area contributed by atoms with E-state index in [1.807, 2.05) is 20.8 Å². The van der Waals surface area contributed by atoms with Gasteiger partial charge in [0, 0.05) is 11.6 Å². The summed E-state index contributed by atoms with van der Waals surface area (Å²) in [6.45, 7) is 5.51. The number of rotatable bonds is 3. The van der Waals surface area contributed by atoms with Crippen LogP contribution in [0.4, 0.5) is 10.5 Å². The molecule has 0 aromatic heterocycles. The summed E-state index contributed by atoms with van der Waals surface area (Å²) < 4.78 is 4.97. The average Bonchev–Trinajstić information content (AvgIpc) is 2.28. The van der Waals surface area contributed by atoms with Crippen LogP contribution in [0.3, 0.4) is 0 Å². The molecule has 3 N–H and O–H groups in total. The van der Waals surface area contributed by atoms with Crippen molar-refractivity contribution >= 4 is 29.3 Å². The number of nitrogens with one attached hydrogen (secondary N) is 2. The molecule has 20 heavy (non-hydrogen) atoms. The van der Waals surface area contributed by atoms with E-state index in [-0.39, 0.29) is 22.0 Å². The molecule has 7 heteroatoms. The number of carbonyl (C=O) groups excluding carboxylic acids is 1. The van der Waals surface area contributed by atoms with E-state index in [9.17, 15) is 9.59 Å². The Hall–Kier alpha value is -1.95. The number of aromatic carboxylic acids is 1. The molecule has 1 aromatic rings. The molecule has 0 aliphatic heterocycles. The van der Waals surface area contributed by atoms with E-state index in [1.54, 1.807) is 0 Å². The highest BCUT2D eigenvalue weighted by Gasteiger charge is 2.18. The molecule has 0 aliphatic carbocycles. The van der Waals surface area contributed by atoms with Crippen molar-refractivity contribution in [3.05, 3.63) is 22.7 Å². The summed E-state index contributed by atoms with van der Waals surface area (Å²) in [7, 11) is 1.34. The van der Waals surface area contributed by atoms with Crippen molar-refractivity contribution in [2.24, 2.45) is 0 Å². The lowest BCUT2D eigenvalue weighted by Crippen LogP contribution is -2.43. The minimum atomic E-state index is -1.16. The summed E-state index contributed by atoms with van der Waals surface area (Å²) in [4.78, 5) is 22.8. The number of halogens is 1.